The number of methoxy groups -OCH3 is 1. The summed E-state index contributed by atoms with van der Waals surface area (Å²) in [5, 5.41) is 15.2. The number of hydrogen-bond acceptors (Lipinski definition) is 7. The Bertz CT molecular complexity index is 1360. The summed E-state index contributed by atoms with van der Waals surface area (Å²) < 4.78 is 4.80. The fraction of sp³-hybridized carbons (Fsp3) is 0.214. The number of carboxylic acids is 1. The number of carboxylic acid groups (broad SMARTS) is 1. The van der Waals surface area contributed by atoms with Crippen LogP contribution in [0.25, 0.3) is 11.3 Å². The van der Waals surface area contributed by atoms with Gasteiger partial charge in [-0.15, -0.1) is 0 Å². The lowest BCUT2D eigenvalue weighted by molar-refractivity contribution is -0.137. The van der Waals surface area contributed by atoms with E-state index in [2.05, 4.69) is 20.5 Å². The first-order valence-electron chi connectivity index (χ1n) is 11.7. The Kier molecular flexibility index (Phi) is 7.64. The molecule has 0 saturated heterocycles. The van der Waals surface area contributed by atoms with Crippen molar-refractivity contribution in [3.05, 3.63) is 88.7 Å². The Morgan fingerprint density at radius 2 is 1.78 bits per heavy atom. The number of anilines is 2. The smallest absolute Gasteiger partial charge is 0.337 e. The molecular weight excluding hydrogens is 472 g/mol. The van der Waals surface area contributed by atoms with Gasteiger partial charge >= 0.3 is 11.9 Å². The number of nitrogens with zero attached hydrogens (tertiary/aromatic N) is 2. The van der Waals surface area contributed by atoms with Crippen molar-refractivity contribution in [2.75, 3.05) is 31.8 Å². The molecule has 0 radical (unpaired) electrons. The van der Waals surface area contributed by atoms with Crippen molar-refractivity contribution in [1.82, 2.24) is 9.88 Å². The fourth-order valence-electron chi connectivity index (χ4n) is 4.10. The van der Waals surface area contributed by atoms with Crippen LogP contribution in [0.2, 0.25) is 0 Å². The molecular formula is C28H28N4O5. The summed E-state index contributed by atoms with van der Waals surface area (Å²) in [6, 6.07) is 16.4. The standard InChI is InChI=1S/C28H28N4O5/c1-32(2)16-17-4-8-21(9-5-17)30-26(19-6-10-20(29-15-19)11-13-24(33)34)25-22-12-7-18(28(36)37-3)14-23(22)31-27(25)35/h4-10,12,14-15,30H,11,13,16H2,1-3H3,(H,31,35)(H,33,34)/b26-25-. The first-order chi connectivity index (χ1) is 17.7. The largest absolute Gasteiger partial charge is 0.481 e. The third kappa shape index (κ3) is 6.02. The zero-order valence-corrected chi connectivity index (χ0v) is 20.9. The number of carbonyl (C=O) groups is 3. The number of esters is 1. The Morgan fingerprint density at radius 1 is 1.05 bits per heavy atom. The molecule has 3 aromatic rings. The lowest BCUT2D eigenvalue weighted by Crippen LogP contribution is -2.11. The summed E-state index contributed by atoms with van der Waals surface area (Å²) in [6.45, 7) is 0.800. The number of aromatic nitrogens is 1. The van der Waals surface area contributed by atoms with Gasteiger partial charge in [0.2, 0.25) is 0 Å². The molecule has 2 aromatic carbocycles. The van der Waals surface area contributed by atoms with Crippen molar-refractivity contribution < 1.29 is 24.2 Å². The molecule has 37 heavy (non-hydrogen) atoms. The summed E-state index contributed by atoms with van der Waals surface area (Å²) in [5.41, 5.74) is 5.66. The van der Waals surface area contributed by atoms with E-state index < -0.39 is 11.9 Å². The van der Waals surface area contributed by atoms with E-state index in [1.807, 2.05) is 44.4 Å². The summed E-state index contributed by atoms with van der Waals surface area (Å²) in [6.07, 6.45) is 1.92. The van der Waals surface area contributed by atoms with Gasteiger partial charge in [-0.2, -0.15) is 0 Å². The number of hydrogen-bond donors (Lipinski definition) is 3. The highest BCUT2D eigenvalue weighted by Gasteiger charge is 2.29. The average Bonchev–Trinajstić information content (AvgIpc) is 3.21. The quantitative estimate of drug-likeness (QED) is 0.299. The molecule has 3 N–H and O–H groups in total. The van der Waals surface area contributed by atoms with Crippen LogP contribution in [-0.4, -0.2) is 54.0 Å². The van der Waals surface area contributed by atoms with Crippen molar-refractivity contribution in [2.45, 2.75) is 19.4 Å². The second-order valence-corrected chi connectivity index (χ2v) is 8.95. The summed E-state index contributed by atoms with van der Waals surface area (Å²) >= 11 is 0. The van der Waals surface area contributed by atoms with Gasteiger partial charge in [0.25, 0.3) is 5.91 Å². The SMILES string of the molecule is COC(=O)c1ccc2c(c1)NC(=O)/C2=C(\Nc1ccc(CN(C)C)cc1)c1ccc(CCC(=O)O)nc1. The Morgan fingerprint density at radius 3 is 2.41 bits per heavy atom. The van der Waals surface area contributed by atoms with Gasteiger partial charge in [0.1, 0.15) is 0 Å². The number of fused-ring (bicyclic) bond motifs is 1. The molecule has 0 atom stereocenters. The number of nitrogens with one attached hydrogen (secondary N) is 2. The molecule has 0 unspecified atom stereocenters. The second kappa shape index (κ2) is 11.0. The number of pyridine rings is 1. The Balaban J connectivity index is 1.76. The predicted molar refractivity (Wildman–Crippen MR) is 141 cm³/mol. The monoisotopic (exact) mass is 500 g/mol. The number of benzene rings is 2. The molecule has 9 nitrogen and oxygen atoms in total. The number of amides is 1. The van der Waals surface area contributed by atoms with E-state index in [0.717, 1.165) is 17.8 Å². The maximum absolute atomic E-state index is 13.2. The van der Waals surface area contributed by atoms with Crippen LogP contribution in [0.1, 0.15) is 39.2 Å². The van der Waals surface area contributed by atoms with Crippen LogP contribution in [0.5, 0.6) is 0 Å². The zero-order chi connectivity index (χ0) is 26.5. The van der Waals surface area contributed by atoms with Crippen LogP contribution in [0.3, 0.4) is 0 Å². The number of aryl methyl sites for hydroxylation is 1. The number of rotatable bonds is 9. The van der Waals surface area contributed by atoms with E-state index >= 15 is 0 Å². The van der Waals surface area contributed by atoms with Crippen LogP contribution < -0.4 is 10.6 Å². The van der Waals surface area contributed by atoms with Crippen LogP contribution in [0, 0.1) is 0 Å². The van der Waals surface area contributed by atoms with E-state index in [9.17, 15) is 14.4 Å². The molecule has 1 aliphatic rings. The molecule has 0 saturated carbocycles. The van der Waals surface area contributed by atoms with Gasteiger partial charge in [0, 0.05) is 41.7 Å². The Labute approximate surface area is 214 Å². The minimum absolute atomic E-state index is 0.0177. The molecule has 2 heterocycles. The molecule has 1 amide bonds. The molecule has 190 valence electrons. The maximum atomic E-state index is 13.2. The average molecular weight is 501 g/mol. The van der Waals surface area contributed by atoms with Gasteiger partial charge in [-0.1, -0.05) is 18.2 Å². The van der Waals surface area contributed by atoms with Gasteiger partial charge in [-0.25, -0.2) is 4.79 Å². The Hall–Kier alpha value is -4.50. The van der Waals surface area contributed by atoms with E-state index in [0.29, 0.717) is 45.8 Å². The predicted octanol–water partition coefficient (Wildman–Crippen LogP) is 3.88. The highest BCUT2D eigenvalue weighted by molar-refractivity contribution is 6.37. The van der Waals surface area contributed by atoms with Gasteiger partial charge in [-0.3, -0.25) is 14.6 Å². The zero-order valence-electron chi connectivity index (χ0n) is 20.9. The van der Waals surface area contributed by atoms with Crippen LogP contribution >= 0.6 is 0 Å². The molecule has 4 rings (SSSR count). The second-order valence-electron chi connectivity index (χ2n) is 8.95. The molecule has 0 bridgehead atoms. The van der Waals surface area contributed by atoms with Crippen LogP contribution in [0.4, 0.5) is 11.4 Å². The van der Waals surface area contributed by atoms with Crippen LogP contribution in [0.15, 0.2) is 60.8 Å². The molecule has 0 spiro atoms. The highest BCUT2D eigenvalue weighted by atomic mass is 16.5. The molecule has 0 aliphatic carbocycles. The minimum atomic E-state index is -0.890. The van der Waals surface area contributed by atoms with Gasteiger partial charge in [0.15, 0.2) is 0 Å². The lowest BCUT2D eigenvalue weighted by atomic mass is 9.99. The van der Waals surface area contributed by atoms with E-state index in [-0.39, 0.29) is 12.3 Å². The summed E-state index contributed by atoms with van der Waals surface area (Å²) in [4.78, 5) is 42.6. The number of aliphatic carboxylic acids is 1. The molecule has 1 aliphatic heterocycles. The lowest BCUT2D eigenvalue weighted by Gasteiger charge is -2.16. The van der Waals surface area contributed by atoms with E-state index in [1.165, 1.54) is 7.11 Å². The normalized spacial score (nSPS) is 13.7. The summed E-state index contributed by atoms with van der Waals surface area (Å²) in [7, 11) is 5.31. The topological polar surface area (TPSA) is 121 Å². The molecule has 1 aromatic heterocycles. The van der Waals surface area contributed by atoms with Crippen molar-refractivity contribution in [3.8, 4) is 0 Å². The van der Waals surface area contributed by atoms with E-state index in [1.54, 1.807) is 30.5 Å². The number of ether oxygens (including phenoxy) is 1. The highest BCUT2D eigenvalue weighted by Crippen LogP contribution is 2.38. The van der Waals surface area contributed by atoms with E-state index in [4.69, 9.17) is 9.84 Å². The van der Waals surface area contributed by atoms with Crippen molar-refractivity contribution >= 4 is 40.5 Å². The number of carbonyl (C=O) groups excluding carboxylic acids is 2. The van der Waals surface area contributed by atoms with Crippen molar-refractivity contribution in [1.29, 1.82) is 0 Å². The van der Waals surface area contributed by atoms with Gasteiger partial charge in [0.05, 0.1) is 36.1 Å². The third-order valence-electron chi connectivity index (χ3n) is 5.87. The van der Waals surface area contributed by atoms with Gasteiger partial charge < -0.3 is 25.4 Å². The molecule has 9 heteroatoms. The first-order valence-corrected chi connectivity index (χ1v) is 11.7. The third-order valence-corrected chi connectivity index (χ3v) is 5.87. The minimum Gasteiger partial charge on any atom is -0.481 e. The first kappa shape index (κ1) is 25.6. The van der Waals surface area contributed by atoms with Crippen molar-refractivity contribution in [2.24, 2.45) is 0 Å². The molecule has 0 fully saturated rings. The fourth-order valence-corrected chi connectivity index (χ4v) is 4.10. The van der Waals surface area contributed by atoms with Crippen LogP contribution in [-0.2, 0) is 27.3 Å². The van der Waals surface area contributed by atoms with Gasteiger partial charge in [-0.05, 0) is 56.1 Å². The van der Waals surface area contributed by atoms with Crippen molar-refractivity contribution in [3.63, 3.8) is 0 Å². The maximum Gasteiger partial charge on any atom is 0.337 e. The summed E-state index contributed by atoms with van der Waals surface area (Å²) in [5.74, 6) is -1.70.